The van der Waals surface area contributed by atoms with Crippen LogP contribution in [-0.2, 0) is 11.3 Å². The van der Waals surface area contributed by atoms with Gasteiger partial charge in [0.05, 0.1) is 13.7 Å². The summed E-state index contributed by atoms with van der Waals surface area (Å²) >= 11 is 0.801. The molecule has 160 valence electrons. The normalized spacial score (nSPS) is 23.7. The number of hydrogen-bond donors (Lipinski definition) is 4. The molecule has 0 saturated carbocycles. The summed E-state index contributed by atoms with van der Waals surface area (Å²) in [4.78, 5) is 20.3. The summed E-state index contributed by atoms with van der Waals surface area (Å²) in [6.45, 7) is -0.353. The second-order valence-corrected chi connectivity index (χ2v) is 7.60. The molecular weight excluding hydrogens is 416 g/mol. The van der Waals surface area contributed by atoms with Crippen molar-refractivity contribution in [2.45, 2.75) is 31.1 Å². The number of fused-ring (bicyclic) bond motifs is 1. The Bertz CT molecular complexity index is 1100. The minimum Gasteiger partial charge on any atom is -0.497 e. The van der Waals surface area contributed by atoms with E-state index in [0.29, 0.717) is 10.4 Å². The highest BCUT2D eigenvalue weighted by atomic mass is 32.1. The molecule has 2 aromatic heterocycles. The maximum atomic E-state index is 12.6. The van der Waals surface area contributed by atoms with Crippen LogP contribution in [0.3, 0.4) is 0 Å². The Hall–Kier alpha value is -2.77. The standard InChI is InChI=1S/C18H20N4O7S/c1-27-9-4-2-8(3-5-9)7-28-15-13-14(20-17(19)21-15)22(18(26)30-13)16-12(25)11(24)10(6-23)29-16/h2-5,10-12,16,23-25H,6-7H2,1H3,(H2,19,20,21)/t10-,11-,12-,16-/m1/s1. The Balaban J connectivity index is 1.67. The second kappa shape index (κ2) is 8.16. The number of methoxy groups -OCH3 is 1. The van der Waals surface area contributed by atoms with Crippen molar-refractivity contribution >= 4 is 27.6 Å². The summed E-state index contributed by atoms with van der Waals surface area (Å²) in [7, 11) is 1.57. The summed E-state index contributed by atoms with van der Waals surface area (Å²) in [5.74, 6) is 0.688. The molecule has 12 heteroatoms. The number of hydrogen-bond acceptors (Lipinski definition) is 11. The predicted octanol–water partition coefficient (Wildman–Crippen LogP) is -0.366. The number of aromatic nitrogens is 3. The van der Waals surface area contributed by atoms with E-state index in [9.17, 15) is 20.1 Å². The Labute approximate surface area is 173 Å². The molecule has 4 rings (SSSR count). The summed E-state index contributed by atoms with van der Waals surface area (Å²) in [6.07, 6.45) is -5.05. The molecule has 0 amide bonds. The average Bonchev–Trinajstić information content (AvgIpc) is 3.22. The SMILES string of the molecule is COc1ccc(COc2nc(N)nc3c2sc(=O)n3[C@@H]2O[C@H](CO)[C@@H](O)[C@H]2O)cc1. The Morgan fingerprint density at radius 3 is 2.60 bits per heavy atom. The number of anilines is 1. The zero-order valence-corrected chi connectivity index (χ0v) is 16.7. The van der Waals surface area contributed by atoms with E-state index < -0.39 is 36.0 Å². The van der Waals surface area contributed by atoms with Crippen LogP contribution in [0.5, 0.6) is 11.6 Å². The first kappa shape index (κ1) is 20.5. The van der Waals surface area contributed by atoms with E-state index in [0.717, 1.165) is 21.5 Å². The quantitative estimate of drug-likeness (QED) is 0.401. The number of benzene rings is 1. The topological polar surface area (TPSA) is 162 Å². The second-order valence-electron chi connectivity index (χ2n) is 6.64. The van der Waals surface area contributed by atoms with Gasteiger partial charge in [0.2, 0.25) is 11.8 Å². The Kier molecular flexibility index (Phi) is 5.58. The molecule has 30 heavy (non-hydrogen) atoms. The van der Waals surface area contributed by atoms with Crippen LogP contribution < -0.4 is 20.1 Å². The van der Waals surface area contributed by atoms with Crippen LogP contribution in [0.25, 0.3) is 10.3 Å². The fourth-order valence-corrected chi connectivity index (χ4v) is 4.09. The first-order valence-corrected chi connectivity index (χ1v) is 9.81. The highest BCUT2D eigenvalue weighted by Crippen LogP contribution is 2.34. The number of aliphatic hydroxyl groups is 3. The highest BCUT2D eigenvalue weighted by Gasteiger charge is 2.45. The highest BCUT2D eigenvalue weighted by molar-refractivity contribution is 7.16. The van der Waals surface area contributed by atoms with Crippen LogP contribution in [0.15, 0.2) is 29.1 Å². The number of rotatable bonds is 6. The summed E-state index contributed by atoms with van der Waals surface area (Å²) < 4.78 is 17.8. The van der Waals surface area contributed by atoms with Gasteiger partial charge in [-0.3, -0.25) is 9.36 Å². The first-order valence-electron chi connectivity index (χ1n) is 8.99. The van der Waals surface area contributed by atoms with Crippen LogP contribution in [0.1, 0.15) is 11.8 Å². The van der Waals surface area contributed by atoms with Gasteiger partial charge in [0.15, 0.2) is 11.9 Å². The van der Waals surface area contributed by atoms with Crippen LogP contribution in [0.2, 0.25) is 0 Å². The van der Waals surface area contributed by atoms with Crippen molar-refractivity contribution in [3.8, 4) is 11.6 Å². The molecular formula is C18H20N4O7S. The average molecular weight is 436 g/mol. The fraction of sp³-hybridized carbons (Fsp3) is 0.389. The summed E-state index contributed by atoms with van der Waals surface area (Å²) in [6, 6.07) is 7.24. The van der Waals surface area contributed by atoms with Gasteiger partial charge >= 0.3 is 4.87 Å². The van der Waals surface area contributed by atoms with Crippen molar-refractivity contribution in [1.82, 2.24) is 14.5 Å². The monoisotopic (exact) mass is 436 g/mol. The molecule has 0 unspecified atom stereocenters. The van der Waals surface area contributed by atoms with Gasteiger partial charge in [-0.2, -0.15) is 9.97 Å². The van der Waals surface area contributed by atoms with Crippen LogP contribution in [0, 0.1) is 0 Å². The first-order chi connectivity index (χ1) is 14.4. The number of thiazole rings is 1. The molecule has 0 radical (unpaired) electrons. The van der Waals surface area contributed by atoms with E-state index in [1.54, 1.807) is 19.2 Å². The Morgan fingerprint density at radius 1 is 1.23 bits per heavy atom. The van der Waals surface area contributed by atoms with Gasteiger partial charge in [-0.05, 0) is 17.7 Å². The van der Waals surface area contributed by atoms with Gasteiger partial charge in [-0.15, -0.1) is 0 Å². The molecule has 1 aromatic carbocycles. The van der Waals surface area contributed by atoms with Gasteiger partial charge in [-0.1, -0.05) is 23.5 Å². The number of nitrogen functional groups attached to an aromatic ring is 1. The van der Waals surface area contributed by atoms with E-state index in [2.05, 4.69) is 9.97 Å². The zero-order chi connectivity index (χ0) is 21.4. The molecule has 11 nitrogen and oxygen atoms in total. The molecule has 4 atom stereocenters. The molecule has 1 saturated heterocycles. The fourth-order valence-electron chi connectivity index (χ4n) is 3.20. The molecule has 0 spiro atoms. The van der Waals surface area contributed by atoms with Crippen molar-refractivity contribution in [3.05, 3.63) is 39.5 Å². The lowest BCUT2D eigenvalue weighted by atomic mass is 10.1. The maximum Gasteiger partial charge on any atom is 0.311 e. The van der Waals surface area contributed by atoms with Crippen molar-refractivity contribution in [2.24, 2.45) is 0 Å². The number of ether oxygens (including phenoxy) is 3. The lowest BCUT2D eigenvalue weighted by Gasteiger charge is -2.16. The minimum atomic E-state index is -1.43. The number of aliphatic hydroxyl groups excluding tert-OH is 3. The van der Waals surface area contributed by atoms with Gasteiger partial charge in [0.1, 0.15) is 35.4 Å². The van der Waals surface area contributed by atoms with Gasteiger partial charge < -0.3 is 35.3 Å². The van der Waals surface area contributed by atoms with E-state index in [4.69, 9.17) is 19.9 Å². The van der Waals surface area contributed by atoms with E-state index >= 15 is 0 Å². The molecule has 0 bridgehead atoms. The van der Waals surface area contributed by atoms with Crippen LogP contribution in [0.4, 0.5) is 5.95 Å². The van der Waals surface area contributed by atoms with Gasteiger partial charge in [-0.25, -0.2) is 0 Å². The molecule has 1 aliphatic heterocycles. The summed E-state index contributed by atoms with van der Waals surface area (Å²) in [5, 5.41) is 29.6. The molecule has 1 fully saturated rings. The third kappa shape index (κ3) is 3.59. The largest absolute Gasteiger partial charge is 0.497 e. The van der Waals surface area contributed by atoms with Crippen molar-refractivity contribution in [2.75, 3.05) is 19.5 Å². The lowest BCUT2D eigenvalue weighted by molar-refractivity contribution is -0.0518. The Morgan fingerprint density at radius 2 is 1.97 bits per heavy atom. The van der Waals surface area contributed by atoms with Gasteiger partial charge in [0, 0.05) is 0 Å². The van der Waals surface area contributed by atoms with Crippen molar-refractivity contribution in [1.29, 1.82) is 0 Å². The lowest BCUT2D eigenvalue weighted by Crippen LogP contribution is -2.34. The molecule has 3 heterocycles. The molecule has 1 aliphatic rings. The number of nitrogens with two attached hydrogens (primary N) is 1. The van der Waals surface area contributed by atoms with Gasteiger partial charge in [0.25, 0.3) is 0 Å². The third-order valence-electron chi connectivity index (χ3n) is 4.75. The third-order valence-corrected chi connectivity index (χ3v) is 5.69. The predicted molar refractivity (Wildman–Crippen MR) is 106 cm³/mol. The minimum absolute atomic E-state index is 0.108. The number of nitrogens with zero attached hydrogens (tertiary/aromatic N) is 3. The van der Waals surface area contributed by atoms with Crippen LogP contribution >= 0.6 is 11.3 Å². The summed E-state index contributed by atoms with van der Waals surface area (Å²) in [5.41, 5.74) is 6.75. The smallest absolute Gasteiger partial charge is 0.311 e. The van der Waals surface area contributed by atoms with Crippen LogP contribution in [-0.4, -0.2) is 61.9 Å². The van der Waals surface area contributed by atoms with E-state index in [1.165, 1.54) is 0 Å². The molecule has 3 aromatic rings. The van der Waals surface area contributed by atoms with E-state index in [-0.39, 0.29) is 24.1 Å². The van der Waals surface area contributed by atoms with Crippen molar-refractivity contribution in [3.63, 3.8) is 0 Å². The zero-order valence-electron chi connectivity index (χ0n) is 15.8. The maximum absolute atomic E-state index is 12.6. The molecule has 5 N–H and O–H groups in total. The van der Waals surface area contributed by atoms with Crippen molar-refractivity contribution < 1.29 is 29.5 Å². The molecule has 0 aliphatic carbocycles. The van der Waals surface area contributed by atoms with E-state index in [1.807, 2.05) is 12.1 Å².